The Morgan fingerprint density at radius 3 is 1.67 bits per heavy atom. The van der Waals surface area contributed by atoms with Crippen LogP contribution in [-0.4, -0.2) is 62.9 Å². The number of ether oxygens (including phenoxy) is 4. The van der Waals surface area contributed by atoms with Gasteiger partial charge in [-0.25, -0.2) is 0 Å². The van der Waals surface area contributed by atoms with Crippen molar-refractivity contribution in [2.75, 3.05) is 34.0 Å². The van der Waals surface area contributed by atoms with Crippen molar-refractivity contribution in [1.82, 2.24) is 5.32 Å². The number of carbonyl (C=O) groups excluding carboxylic acids is 2. The topological polar surface area (TPSA) is 120 Å². The summed E-state index contributed by atoms with van der Waals surface area (Å²) in [5, 5.41) is 6.95. The van der Waals surface area contributed by atoms with Crippen LogP contribution in [0.4, 0.5) is 0 Å². The van der Waals surface area contributed by atoms with Gasteiger partial charge in [0.15, 0.2) is 5.78 Å². The first kappa shape index (κ1) is 42.5. The number of carbonyl (C=O) groups is 3. The molecule has 3 aromatic carbocycles. The summed E-state index contributed by atoms with van der Waals surface area (Å²) in [7, 11) is 3.23. The van der Waals surface area contributed by atoms with Crippen LogP contribution in [0.15, 0.2) is 78.9 Å². The zero-order valence-corrected chi connectivity index (χ0v) is 32.8. The summed E-state index contributed by atoms with van der Waals surface area (Å²) in [5.41, 5.74) is 1.40. The molecule has 9 heteroatoms. The van der Waals surface area contributed by atoms with Crippen LogP contribution < -0.4 is 14.8 Å². The molecule has 0 saturated heterocycles. The Kier molecular flexibility index (Phi) is 20.3. The maximum atomic E-state index is 13.0. The van der Waals surface area contributed by atoms with E-state index in [9.17, 15) is 14.4 Å². The number of hydrogen-bond acceptors (Lipinski definition) is 8. The highest BCUT2D eigenvalue weighted by molar-refractivity contribution is 5.83. The largest absolute Gasteiger partial charge is 0.497 e. The summed E-state index contributed by atoms with van der Waals surface area (Å²) in [4.78, 5) is 37.2. The van der Waals surface area contributed by atoms with Crippen molar-refractivity contribution < 1.29 is 38.4 Å². The number of hydrogen-bond donors (Lipinski definition) is 2. The number of nitrogens with one attached hydrogen (secondary N) is 1. The SMILES string of the molecule is [2H]OC(=O)CCC(=O)COC(CNC(=O)CCCCCCCCCCCCCCC)COC(c1ccccc1)(c1ccc(OC)cc1)c1ccc(OC)cc1. The Morgan fingerprint density at radius 2 is 1.17 bits per heavy atom. The molecule has 0 aliphatic rings. The summed E-state index contributed by atoms with van der Waals surface area (Å²) in [6.45, 7) is 2.09. The fraction of sp³-hybridized carbons (Fsp3) is 0.533. The lowest BCUT2D eigenvalue weighted by Crippen LogP contribution is -2.41. The molecule has 3 aromatic rings. The molecule has 54 heavy (non-hydrogen) atoms. The van der Waals surface area contributed by atoms with Gasteiger partial charge in [-0.3, -0.25) is 14.4 Å². The lowest BCUT2D eigenvalue weighted by Gasteiger charge is -2.37. The van der Waals surface area contributed by atoms with Crippen LogP contribution in [0.5, 0.6) is 11.5 Å². The molecule has 0 fully saturated rings. The second kappa shape index (κ2) is 25.7. The minimum absolute atomic E-state index is 0.00795. The normalized spacial score (nSPS) is 12.1. The van der Waals surface area contributed by atoms with Crippen LogP contribution in [0.1, 0.15) is 126 Å². The van der Waals surface area contributed by atoms with E-state index in [4.69, 9.17) is 20.4 Å². The zero-order valence-electron chi connectivity index (χ0n) is 33.8. The van der Waals surface area contributed by atoms with E-state index in [1.165, 1.54) is 64.2 Å². The number of rotatable bonds is 30. The van der Waals surface area contributed by atoms with E-state index in [0.717, 1.165) is 36.0 Å². The highest BCUT2D eigenvalue weighted by Gasteiger charge is 2.38. The van der Waals surface area contributed by atoms with E-state index in [0.29, 0.717) is 17.9 Å². The number of benzene rings is 3. The molecule has 0 aliphatic heterocycles. The maximum absolute atomic E-state index is 13.0. The molecule has 0 bridgehead atoms. The van der Waals surface area contributed by atoms with E-state index >= 15 is 0 Å². The molecule has 1 amide bonds. The van der Waals surface area contributed by atoms with Crippen molar-refractivity contribution in [3.05, 3.63) is 95.6 Å². The van der Waals surface area contributed by atoms with E-state index in [-0.39, 0.29) is 44.3 Å². The molecule has 9 nitrogen and oxygen atoms in total. The minimum Gasteiger partial charge on any atom is -0.497 e. The standard InChI is InChI=1S/C45H63NO8/c1-4-5-6-7-8-9-10-11-12-13-14-15-19-22-43(48)46-33-42(53-34-39(47)27-32-44(49)50)35-54-45(36-20-17-16-18-21-36,37-23-28-40(51-2)29-24-37)38-25-30-41(52-3)31-26-38/h16-18,20-21,23-26,28-31,42H,4-15,19,22,27,32-35H2,1-3H3,(H,46,48)(H,49,50)/i/hD. The molecule has 0 aromatic heterocycles. The van der Waals surface area contributed by atoms with Gasteiger partial charge >= 0.3 is 5.97 Å². The van der Waals surface area contributed by atoms with E-state index in [2.05, 4.69) is 17.3 Å². The number of methoxy groups -OCH3 is 2. The molecule has 0 heterocycles. The molecular formula is C45H63NO8. The Balaban J connectivity index is 1.69. The quantitative estimate of drug-likeness (QED) is 0.0512. The van der Waals surface area contributed by atoms with Gasteiger partial charge < -0.3 is 29.4 Å². The van der Waals surface area contributed by atoms with E-state index in [1.54, 1.807) is 14.2 Å². The Morgan fingerprint density at radius 1 is 0.667 bits per heavy atom. The number of unbranched alkanes of at least 4 members (excludes halogenated alkanes) is 12. The fourth-order valence-corrected chi connectivity index (χ4v) is 6.60. The third-order valence-corrected chi connectivity index (χ3v) is 9.78. The first-order valence-electron chi connectivity index (χ1n) is 20.3. The second-order valence-electron chi connectivity index (χ2n) is 14.0. The fourth-order valence-electron chi connectivity index (χ4n) is 6.60. The maximum Gasteiger partial charge on any atom is 0.303 e. The van der Waals surface area contributed by atoms with Gasteiger partial charge in [-0.1, -0.05) is 139 Å². The summed E-state index contributed by atoms with van der Waals surface area (Å²) in [6.07, 6.45) is 15.4. The van der Waals surface area contributed by atoms with Crippen molar-refractivity contribution in [3.63, 3.8) is 0 Å². The molecule has 0 aliphatic carbocycles. The minimum atomic E-state index is -1.12. The number of aliphatic carboxylic acids is 1. The third-order valence-electron chi connectivity index (χ3n) is 9.78. The molecule has 1 unspecified atom stereocenters. The van der Waals surface area contributed by atoms with Crippen LogP contribution in [0.2, 0.25) is 0 Å². The second-order valence-corrected chi connectivity index (χ2v) is 14.0. The molecule has 0 radical (unpaired) electrons. The molecule has 3 rings (SSSR count). The van der Waals surface area contributed by atoms with Gasteiger partial charge in [-0.2, -0.15) is 0 Å². The van der Waals surface area contributed by atoms with Crippen LogP contribution >= 0.6 is 0 Å². The van der Waals surface area contributed by atoms with Gasteiger partial charge in [0.05, 0.1) is 33.4 Å². The monoisotopic (exact) mass is 746 g/mol. The predicted octanol–water partition coefficient (Wildman–Crippen LogP) is 9.43. The lowest BCUT2D eigenvalue weighted by atomic mass is 9.80. The average molecular weight is 747 g/mol. The van der Waals surface area contributed by atoms with Gasteiger partial charge in [0.25, 0.3) is 1.43 Å². The van der Waals surface area contributed by atoms with Crippen LogP contribution in [0.25, 0.3) is 1.43 Å². The Bertz CT molecular complexity index is 1450. The summed E-state index contributed by atoms with van der Waals surface area (Å²) in [5.74, 6) is 0.191. The smallest absolute Gasteiger partial charge is 0.303 e. The summed E-state index contributed by atoms with van der Waals surface area (Å²) < 4.78 is 30.8. The van der Waals surface area contributed by atoms with Crippen LogP contribution in [0, 0.1) is 0 Å². The van der Waals surface area contributed by atoms with E-state index < -0.39 is 17.7 Å². The van der Waals surface area contributed by atoms with Gasteiger partial charge in [-0.05, 0) is 47.4 Å². The van der Waals surface area contributed by atoms with Gasteiger partial charge in [-0.15, -0.1) is 0 Å². The molecule has 0 saturated carbocycles. The van der Waals surface area contributed by atoms with Crippen LogP contribution in [0.3, 0.4) is 0 Å². The van der Waals surface area contributed by atoms with Crippen molar-refractivity contribution in [3.8, 4) is 11.5 Å². The molecular weight excluding hydrogens is 682 g/mol. The molecule has 296 valence electrons. The number of ketones is 1. The molecule has 2 N–H and O–H groups in total. The molecule has 0 spiro atoms. The van der Waals surface area contributed by atoms with Crippen molar-refractivity contribution in [1.29, 1.82) is 1.43 Å². The van der Waals surface area contributed by atoms with Crippen molar-refractivity contribution in [2.45, 2.75) is 121 Å². The van der Waals surface area contributed by atoms with Crippen LogP contribution in [-0.2, 0) is 29.5 Å². The molecule has 1 atom stereocenters. The Hall–Kier alpha value is -4.21. The van der Waals surface area contributed by atoms with E-state index in [1.807, 2.05) is 78.9 Å². The van der Waals surface area contributed by atoms with Gasteiger partial charge in [0.2, 0.25) is 5.91 Å². The first-order valence-corrected chi connectivity index (χ1v) is 19.9. The Labute approximate surface area is 324 Å². The summed E-state index contributed by atoms with van der Waals surface area (Å²) >= 11 is 0. The van der Waals surface area contributed by atoms with Crippen molar-refractivity contribution in [2.24, 2.45) is 0 Å². The number of carboxylic acids is 1. The highest BCUT2D eigenvalue weighted by Crippen LogP contribution is 2.42. The van der Waals surface area contributed by atoms with Gasteiger partial charge in [0, 0.05) is 19.4 Å². The summed E-state index contributed by atoms with van der Waals surface area (Å²) in [6, 6.07) is 25.2. The highest BCUT2D eigenvalue weighted by atomic mass is 16.5. The van der Waals surface area contributed by atoms with Crippen molar-refractivity contribution >= 4 is 17.7 Å². The number of carboxylic acid groups (broad SMARTS) is 1. The zero-order chi connectivity index (χ0) is 39.6. The van der Waals surface area contributed by atoms with Gasteiger partial charge in [0.1, 0.15) is 23.7 Å². The predicted molar refractivity (Wildman–Crippen MR) is 213 cm³/mol. The lowest BCUT2D eigenvalue weighted by molar-refractivity contribution is -0.140. The number of amides is 1. The average Bonchev–Trinajstić information content (AvgIpc) is 3.23. The number of Topliss-reactive ketones (excluding diaryl/α,β-unsaturated/α-hetero) is 1. The first-order chi connectivity index (χ1) is 26.9. The third kappa shape index (κ3) is 15.6.